The predicted octanol–water partition coefficient (Wildman–Crippen LogP) is 3.57. The smallest absolute Gasteiger partial charge is 0.194 e. The van der Waals surface area contributed by atoms with Crippen LogP contribution >= 0.6 is 20.1 Å². The lowest BCUT2D eigenvalue weighted by molar-refractivity contribution is -0.117. The lowest BCUT2D eigenvalue weighted by Gasteiger charge is -2.20. The SMILES string of the molecule is CC1CC(OP(C)OCCSC(=O)C(C)(C)C)OC1n1cnc2c(N)ncnc21. The number of anilines is 1. The Kier molecular flexibility index (Phi) is 7.11. The summed E-state index contributed by atoms with van der Waals surface area (Å²) in [6.07, 6.45) is 3.21. The second-order valence-electron chi connectivity index (χ2n) is 8.02. The molecule has 9 nitrogen and oxygen atoms in total. The van der Waals surface area contributed by atoms with Crippen LogP contribution in [-0.2, 0) is 18.6 Å². The Balaban J connectivity index is 1.49. The van der Waals surface area contributed by atoms with Crippen molar-refractivity contribution in [1.82, 2.24) is 19.5 Å². The number of fused-ring (bicyclic) bond motifs is 1. The van der Waals surface area contributed by atoms with Gasteiger partial charge in [-0.1, -0.05) is 39.5 Å². The average molecular weight is 441 g/mol. The van der Waals surface area contributed by atoms with Gasteiger partial charge in [0.2, 0.25) is 0 Å². The molecular weight excluding hydrogens is 413 g/mol. The predicted molar refractivity (Wildman–Crippen MR) is 114 cm³/mol. The van der Waals surface area contributed by atoms with Crippen molar-refractivity contribution >= 4 is 42.2 Å². The topological polar surface area (TPSA) is 114 Å². The lowest BCUT2D eigenvalue weighted by Crippen LogP contribution is -2.17. The van der Waals surface area contributed by atoms with Gasteiger partial charge in [-0.05, 0) is 0 Å². The Morgan fingerprint density at radius 3 is 2.90 bits per heavy atom. The summed E-state index contributed by atoms with van der Waals surface area (Å²) in [5.74, 6) is 1.16. The summed E-state index contributed by atoms with van der Waals surface area (Å²) in [7, 11) is -1.11. The van der Waals surface area contributed by atoms with E-state index in [-0.39, 0.29) is 29.0 Å². The number of nitrogens with two attached hydrogens (primary N) is 1. The molecule has 29 heavy (non-hydrogen) atoms. The van der Waals surface area contributed by atoms with E-state index in [1.807, 2.05) is 32.0 Å². The Morgan fingerprint density at radius 2 is 2.17 bits per heavy atom. The van der Waals surface area contributed by atoms with E-state index < -0.39 is 8.38 Å². The number of nitrogens with zero attached hydrogens (tertiary/aromatic N) is 4. The van der Waals surface area contributed by atoms with Gasteiger partial charge in [0.05, 0.1) is 12.9 Å². The molecule has 0 aliphatic carbocycles. The van der Waals surface area contributed by atoms with Crippen molar-refractivity contribution in [3.63, 3.8) is 0 Å². The van der Waals surface area contributed by atoms with Gasteiger partial charge in [0.1, 0.15) is 18.1 Å². The molecule has 2 aromatic heterocycles. The number of carbonyl (C=O) groups is 1. The third-order valence-corrected chi connectivity index (χ3v) is 6.79. The van der Waals surface area contributed by atoms with Gasteiger partial charge in [0, 0.05) is 30.2 Å². The van der Waals surface area contributed by atoms with Crippen LogP contribution in [0.5, 0.6) is 0 Å². The molecule has 11 heteroatoms. The first-order valence-electron chi connectivity index (χ1n) is 9.46. The fourth-order valence-corrected chi connectivity index (χ4v) is 4.73. The standard InChI is InChI=1S/C18H28N5O4PS/c1-11-8-12(27-28(5)25-6-7-29-17(24)18(2,3)4)26-16(11)23-10-22-13-14(19)20-9-21-15(13)23/h9-12,16H,6-8H2,1-5H3,(H2,19,20,21). The highest BCUT2D eigenvalue weighted by Crippen LogP contribution is 2.43. The molecule has 0 aromatic carbocycles. The van der Waals surface area contributed by atoms with Crippen molar-refractivity contribution in [1.29, 1.82) is 0 Å². The second-order valence-corrected chi connectivity index (χ2v) is 10.4. The van der Waals surface area contributed by atoms with Gasteiger partial charge < -0.3 is 19.5 Å². The average Bonchev–Trinajstić information content (AvgIpc) is 3.21. The normalized spacial score (nSPS) is 23.6. The Hall–Kier alpha value is -1.32. The van der Waals surface area contributed by atoms with Crippen molar-refractivity contribution in [2.45, 2.75) is 46.6 Å². The minimum absolute atomic E-state index is 0.162. The molecular formula is C18H28N5O4PS. The maximum atomic E-state index is 11.9. The zero-order chi connectivity index (χ0) is 21.2. The first-order chi connectivity index (χ1) is 13.7. The van der Waals surface area contributed by atoms with Crippen molar-refractivity contribution in [3.8, 4) is 0 Å². The van der Waals surface area contributed by atoms with Crippen molar-refractivity contribution in [3.05, 3.63) is 12.7 Å². The molecule has 4 atom stereocenters. The molecule has 4 unspecified atom stereocenters. The van der Waals surface area contributed by atoms with Gasteiger partial charge in [-0.2, -0.15) is 0 Å². The monoisotopic (exact) mass is 441 g/mol. The molecule has 2 N–H and O–H groups in total. The Morgan fingerprint density at radius 1 is 1.41 bits per heavy atom. The first kappa shape index (κ1) is 22.4. The molecule has 1 saturated heterocycles. The third-order valence-electron chi connectivity index (χ3n) is 4.47. The van der Waals surface area contributed by atoms with Gasteiger partial charge in [0.15, 0.2) is 31.2 Å². The summed E-state index contributed by atoms with van der Waals surface area (Å²) in [4.78, 5) is 24.5. The zero-order valence-electron chi connectivity index (χ0n) is 17.4. The van der Waals surface area contributed by atoms with Crippen LogP contribution in [-0.4, -0.2) is 49.9 Å². The zero-order valence-corrected chi connectivity index (χ0v) is 19.1. The molecule has 2 aromatic rings. The minimum Gasteiger partial charge on any atom is -0.382 e. The molecule has 1 aliphatic heterocycles. The molecule has 3 heterocycles. The van der Waals surface area contributed by atoms with Gasteiger partial charge in [0.25, 0.3) is 0 Å². The number of hydrogen-bond donors (Lipinski definition) is 1. The van der Waals surface area contributed by atoms with E-state index in [9.17, 15) is 4.79 Å². The van der Waals surface area contributed by atoms with Crippen LogP contribution in [0.4, 0.5) is 5.82 Å². The summed E-state index contributed by atoms with van der Waals surface area (Å²) < 4.78 is 19.7. The van der Waals surface area contributed by atoms with Crippen LogP contribution in [0.15, 0.2) is 12.7 Å². The van der Waals surface area contributed by atoms with Crippen LogP contribution in [0.2, 0.25) is 0 Å². The highest BCUT2D eigenvalue weighted by molar-refractivity contribution is 8.13. The highest BCUT2D eigenvalue weighted by Gasteiger charge is 2.36. The van der Waals surface area contributed by atoms with Crippen LogP contribution in [0.1, 0.15) is 40.3 Å². The number of thioether (sulfide) groups is 1. The van der Waals surface area contributed by atoms with Crippen LogP contribution in [0.25, 0.3) is 11.2 Å². The largest absolute Gasteiger partial charge is 0.382 e. The maximum absolute atomic E-state index is 11.9. The number of ether oxygens (including phenoxy) is 1. The summed E-state index contributed by atoms with van der Waals surface area (Å²) in [5, 5.41) is 0.162. The molecule has 1 fully saturated rings. The molecule has 0 radical (unpaired) electrons. The number of carbonyl (C=O) groups excluding carboxylic acids is 1. The molecule has 0 spiro atoms. The van der Waals surface area contributed by atoms with E-state index in [2.05, 4.69) is 21.9 Å². The van der Waals surface area contributed by atoms with Crippen LogP contribution in [0.3, 0.4) is 0 Å². The first-order valence-corrected chi connectivity index (χ1v) is 12.1. The van der Waals surface area contributed by atoms with E-state index >= 15 is 0 Å². The molecule has 160 valence electrons. The number of imidazole rings is 1. The lowest BCUT2D eigenvalue weighted by atomic mass is 10.00. The number of nitrogen functional groups attached to an aromatic ring is 1. The number of hydrogen-bond acceptors (Lipinski definition) is 9. The molecule has 0 amide bonds. The van der Waals surface area contributed by atoms with Crippen LogP contribution < -0.4 is 5.73 Å². The fourth-order valence-electron chi connectivity index (χ4n) is 2.94. The summed E-state index contributed by atoms with van der Waals surface area (Å²) in [6.45, 7) is 10.2. The van der Waals surface area contributed by atoms with Crippen LogP contribution in [0, 0.1) is 11.3 Å². The molecule has 1 aliphatic rings. The maximum Gasteiger partial charge on any atom is 0.194 e. The summed E-state index contributed by atoms with van der Waals surface area (Å²) >= 11 is 1.30. The van der Waals surface area contributed by atoms with Crippen molar-refractivity contribution in [2.24, 2.45) is 11.3 Å². The number of aromatic nitrogens is 4. The fraction of sp³-hybridized carbons (Fsp3) is 0.667. The van der Waals surface area contributed by atoms with E-state index in [0.717, 1.165) is 6.42 Å². The van der Waals surface area contributed by atoms with Gasteiger partial charge in [-0.25, -0.2) is 15.0 Å². The van der Waals surface area contributed by atoms with Gasteiger partial charge in [-0.15, -0.1) is 0 Å². The number of rotatable bonds is 7. The van der Waals surface area contributed by atoms with E-state index in [4.69, 9.17) is 19.5 Å². The molecule has 0 saturated carbocycles. The highest BCUT2D eigenvalue weighted by atomic mass is 32.2. The van der Waals surface area contributed by atoms with E-state index in [1.165, 1.54) is 18.1 Å². The van der Waals surface area contributed by atoms with Crippen molar-refractivity contribution in [2.75, 3.05) is 24.8 Å². The summed E-state index contributed by atoms with van der Waals surface area (Å²) in [5.41, 5.74) is 6.74. The Bertz CT molecular complexity index is 858. The second kappa shape index (κ2) is 9.22. The van der Waals surface area contributed by atoms with E-state index in [0.29, 0.717) is 29.3 Å². The molecule has 0 bridgehead atoms. The molecule has 3 rings (SSSR count). The Labute approximate surface area is 176 Å². The summed E-state index contributed by atoms with van der Waals surface area (Å²) in [6, 6.07) is 0. The quantitative estimate of drug-likeness (QED) is 0.508. The van der Waals surface area contributed by atoms with Gasteiger partial charge >= 0.3 is 0 Å². The minimum atomic E-state index is -1.11. The van der Waals surface area contributed by atoms with E-state index in [1.54, 1.807) is 6.33 Å². The third kappa shape index (κ3) is 5.44. The van der Waals surface area contributed by atoms with Crippen molar-refractivity contribution < 1.29 is 18.6 Å². The van der Waals surface area contributed by atoms with Gasteiger partial charge in [-0.3, -0.25) is 9.36 Å².